The monoisotopic (exact) mass is 465 g/mol. The fourth-order valence-corrected chi connectivity index (χ4v) is 5.36. The second-order valence-corrected chi connectivity index (χ2v) is 9.73. The Kier molecular flexibility index (Phi) is 8.58. The summed E-state index contributed by atoms with van der Waals surface area (Å²) >= 11 is 7.45. The van der Waals surface area contributed by atoms with Gasteiger partial charge in [-0.1, -0.05) is 12.8 Å². The van der Waals surface area contributed by atoms with Gasteiger partial charge in [-0.2, -0.15) is 0 Å². The number of carboxylic acids is 1. The first kappa shape index (κ1) is 19.4. The van der Waals surface area contributed by atoms with Crippen LogP contribution in [0.1, 0.15) is 73.9 Å². The van der Waals surface area contributed by atoms with E-state index in [4.69, 9.17) is 0 Å². The first-order chi connectivity index (χ1) is 11.1. The summed E-state index contributed by atoms with van der Waals surface area (Å²) in [4.78, 5) is 10.4. The van der Waals surface area contributed by atoms with E-state index in [1.807, 2.05) is 0 Å². The maximum absolute atomic E-state index is 10.2. The number of hydrogen-bond donors (Lipinski definition) is 1. The maximum atomic E-state index is 10.2. The van der Waals surface area contributed by atoms with Gasteiger partial charge in [0.2, 0.25) is 0 Å². The summed E-state index contributed by atoms with van der Waals surface area (Å²) in [5.74, 6) is -1.14. The summed E-state index contributed by atoms with van der Waals surface area (Å²) in [6, 6.07) is 3.50. The molecular formula is C17H25Br2NO2S. The SMILES string of the molecule is C1CCC([NH2+]C2CCCCC2)CC1.O=C([O-])c1cc(Br)c(Br)s1. The lowest BCUT2D eigenvalue weighted by Gasteiger charge is -2.27. The molecule has 1 aromatic rings. The van der Waals surface area contributed by atoms with E-state index < -0.39 is 5.97 Å². The molecule has 6 heteroatoms. The molecule has 0 bridgehead atoms. The highest BCUT2D eigenvalue weighted by Gasteiger charge is 2.22. The van der Waals surface area contributed by atoms with Crippen molar-refractivity contribution in [1.29, 1.82) is 0 Å². The molecule has 2 aliphatic carbocycles. The van der Waals surface area contributed by atoms with Crippen LogP contribution in [0.25, 0.3) is 0 Å². The molecule has 1 aromatic heterocycles. The summed E-state index contributed by atoms with van der Waals surface area (Å²) < 4.78 is 1.52. The lowest BCUT2D eigenvalue weighted by molar-refractivity contribution is -0.725. The van der Waals surface area contributed by atoms with Crippen molar-refractivity contribution in [3.63, 3.8) is 0 Å². The van der Waals surface area contributed by atoms with Crippen molar-refractivity contribution in [2.45, 2.75) is 76.3 Å². The number of carbonyl (C=O) groups is 1. The lowest BCUT2D eigenvalue weighted by Crippen LogP contribution is -2.95. The van der Waals surface area contributed by atoms with Crippen molar-refractivity contribution in [2.24, 2.45) is 0 Å². The van der Waals surface area contributed by atoms with Crippen LogP contribution in [0.15, 0.2) is 14.3 Å². The van der Waals surface area contributed by atoms with Gasteiger partial charge in [-0.25, -0.2) is 0 Å². The maximum Gasteiger partial charge on any atom is 0.0861 e. The highest BCUT2D eigenvalue weighted by atomic mass is 79.9. The van der Waals surface area contributed by atoms with E-state index >= 15 is 0 Å². The van der Waals surface area contributed by atoms with Crippen molar-refractivity contribution < 1.29 is 15.2 Å². The van der Waals surface area contributed by atoms with E-state index in [2.05, 4.69) is 37.2 Å². The molecule has 0 atom stereocenters. The minimum Gasteiger partial charge on any atom is -0.544 e. The molecule has 2 aliphatic rings. The Balaban J connectivity index is 0.000000174. The molecule has 130 valence electrons. The molecule has 0 aliphatic heterocycles. The predicted molar refractivity (Wildman–Crippen MR) is 99.7 cm³/mol. The molecule has 0 radical (unpaired) electrons. The Morgan fingerprint density at radius 1 is 1.00 bits per heavy atom. The highest BCUT2D eigenvalue weighted by molar-refractivity contribution is 9.13. The minimum absolute atomic E-state index is 0.221. The molecule has 0 unspecified atom stereocenters. The van der Waals surface area contributed by atoms with Crippen molar-refractivity contribution in [2.75, 3.05) is 0 Å². The van der Waals surface area contributed by atoms with Crippen LogP contribution in [0, 0.1) is 0 Å². The number of halogens is 2. The van der Waals surface area contributed by atoms with Crippen molar-refractivity contribution >= 4 is 49.2 Å². The van der Waals surface area contributed by atoms with Crippen LogP contribution >= 0.6 is 43.2 Å². The summed E-state index contributed by atoms with van der Waals surface area (Å²) in [5.41, 5.74) is 0. The van der Waals surface area contributed by atoms with Gasteiger partial charge in [0.25, 0.3) is 0 Å². The zero-order valence-corrected chi connectivity index (χ0v) is 17.3. The van der Waals surface area contributed by atoms with Crippen LogP contribution in [-0.2, 0) is 0 Å². The van der Waals surface area contributed by atoms with Gasteiger partial charge in [0.1, 0.15) is 0 Å². The average Bonchev–Trinajstić information content (AvgIpc) is 2.90. The Labute approximate surface area is 159 Å². The molecule has 3 rings (SSSR count). The molecular weight excluding hydrogens is 442 g/mol. The molecule has 3 nitrogen and oxygen atoms in total. The van der Waals surface area contributed by atoms with Crippen LogP contribution in [0.3, 0.4) is 0 Å². The molecule has 2 N–H and O–H groups in total. The van der Waals surface area contributed by atoms with Crippen molar-refractivity contribution in [3.8, 4) is 0 Å². The number of hydrogen-bond acceptors (Lipinski definition) is 3. The molecule has 0 amide bonds. The van der Waals surface area contributed by atoms with E-state index in [0.29, 0.717) is 0 Å². The Bertz CT molecular complexity index is 459. The third-order valence-corrected chi connectivity index (χ3v) is 7.93. The van der Waals surface area contributed by atoms with E-state index in [1.165, 1.54) is 70.3 Å². The van der Waals surface area contributed by atoms with Crippen LogP contribution in [0.5, 0.6) is 0 Å². The summed E-state index contributed by atoms with van der Waals surface area (Å²) in [6.07, 6.45) is 15.0. The predicted octanol–water partition coefficient (Wildman–Crippen LogP) is 3.85. The smallest absolute Gasteiger partial charge is 0.0861 e. The Hall–Kier alpha value is 0.0900. The number of aromatic carboxylic acids is 1. The Morgan fingerprint density at radius 3 is 1.78 bits per heavy atom. The summed E-state index contributed by atoms with van der Waals surface area (Å²) in [5, 5.41) is 12.9. The molecule has 0 spiro atoms. The zero-order chi connectivity index (χ0) is 16.7. The van der Waals surface area contributed by atoms with Gasteiger partial charge >= 0.3 is 0 Å². The van der Waals surface area contributed by atoms with E-state index in [9.17, 15) is 9.90 Å². The summed E-state index contributed by atoms with van der Waals surface area (Å²) in [6.45, 7) is 0. The van der Waals surface area contributed by atoms with Gasteiger partial charge in [0, 0.05) is 4.47 Å². The van der Waals surface area contributed by atoms with Crippen molar-refractivity contribution in [1.82, 2.24) is 0 Å². The summed E-state index contributed by atoms with van der Waals surface area (Å²) in [7, 11) is 0. The first-order valence-electron chi connectivity index (χ1n) is 8.57. The van der Waals surface area contributed by atoms with Crippen LogP contribution < -0.4 is 10.4 Å². The second kappa shape index (κ2) is 10.2. The number of thiophene rings is 1. The number of quaternary nitrogens is 1. The average molecular weight is 467 g/mol. The first-order valence-corrected chi connectivity index (χ1v) is 11.0. The van der Waals surface area contributed by atoms with E-state index in [1.54, 1.807) is 0 Å². The minimum atomic E-state index is -1.14. The van der Waals surface area contributed by atoms with E-state index in [0.717, 1.165) is 31.7 Å². The molecule has 2 fully saturated rings. The molecule has 0 saturated heterocycles. The number of rotatable bonds is 3. The van der Waals surface area contributed by atoms with Gasteiger partial charge in [-0.05, 0) is 89.3 Å². The van der Waals surface area contributed by atoms with Gasteiger partial charge < -0.3 is 15.2 Å². The molecule has 23 heavy (non-hydrogen) atoms. The van der Waals surface area contributed by atoms with Gasteiger partial charge in [0.05, 0.1) is 26.7 Å². The van der Waals surface area contributed by atoms with Crippen molar-refractivity contribution in [3.05, 3.63) is 19.2 Å². The van der Waals surface area contributed by atoms with Gasteiger partial charge in [-0.3, -0.25) is 0 Å². The number of carbonyl (C=O) groups excluding carboxylic acids is 1. The molecule has 1 heterocycles. The molecule has 0 aromatic carbocycles. The normalized spacial score (nSPS) is 19.9. The Morgan fingerprint density at radius 2 is 1.48 bits per heavy atom. The topological polar surface area (TPSA) is 56.7 Å². The lowest BCUT2D eigenvalue weighted by atomic mass is 9.91. The third kappa shape index (κ3) is 6.85. The number of nitrogens with two attached hydrogens (primary N) is 1. The quantitative estimate of drug-likeness (QED) is 0.735. The van der Waals surface area contributed by atoms with Crippen LogP contribution in [0.2, 0.25) is 0 Å². The van der Waals surface area contributed by atoms with Crippen LogP contribution in [0.4, 0.5) is 0 Å². The third-order valence-electron chi connectivity index (χ3n) is 4.69. The standard InChI is InChI=1S/C12H23N.C5H2Br2O2S/c1-3-7-11(8-4-1)13-12-9-5-2-6-10-12;6-2-1-3(5(8)9)10-4(2)7/h11-13H,1-10H2;1H,(H,8,9). The fraction of sp³-hybridized carbons (Fsp3) is 0.706. The fourth-order valence-electron chi connectivity index (χ4n) is 3.49. The second-order valence-electron chi connectivity index (χ2n) is 6.51. The van der Waals surface area contributed by atoms with Gasteiger partial charge in [0.15, 0.2) is 0 Å². The largest absolute Gasteiger partial charge is 0.544 e. The number of carboxylic acid groups (broad SMARTS) is 1. The highest BCUT2D eigenvalue weighted by Crippen LogP contribution is 2.31. The van der Waals surface area contributed by atoms with Gasteiger partial charge in [-0.15, -0.1) is 11.3 Å². The zero-order valence-electron chi connectivity index (χ0n) is 13.4. The molecule has 2 saturated carbocycles. The van der Waals surface area contributed by atoms with Crippen LogP contribution in [-0.4, -0.2) is 18.1 Å². The van der Waals surface area contributed by atoms with E-state index in [-0.39, 0.29) is 4.88 Å².